The fourth-order valence-corrected chi connectivity index (χ4v) is 3.73. The monoisotopic (exact) mass is 382 g/mol. The van der Waals surface area contributed by atoms with E-state index in [0.717, 1.165) is 63.0 Å². The molecule has 1 saturated heterocycles. The van der Waals surface area contributed by atoms with Gasteiger partial charge in [0.1, 0.15) is 5.82 Å². The first kappa shape index (κ1) is 18.7. The van der Waals surface area contributed by atoms with Gasteiger partial charge in [-0.05, 0) is 43.5 Å². The predicted octanol–water partition coefficient (Wildman–Crippen LogP) is 2.44. The van der Waals surface area contributed by atoms with Crippen molar-refractivity contribution < 1.29 is 4.39 Å². The molecule has 1 aromatic heterocycles. The Morgan fingerprint density at radius 2 is 1.89 bits per heavy atom. The van der Waals surface area contributed by atoms with Gasteiger partial charge >= 0.3 is 0 Å². The molecule has 2 aliphatic rings. The second-order valence-electron chi connectivity index (χ2n) is 7.48. The predicted molar refractivity (Wildman–Crippen MR) is 109 cm³/mol. The van der Waals surface area contributed by atoms with Gasteiger partial charge in [0.2, 0.25) is 5.95 Å². The van der Waals surface area contributed by atoms with E-state index in [-0.39, 0.29) is 11.2 Å². The molecule has 1 aliphatic carbocycles. The molecule has 0 atom stereocenters. The van der Waals surface area contributed by atoms with Crippen LogP contribution in [0.15, 0.2) is 47.7 Å². The fraction of sp³-hybridized carbons (Fsp3) is 0.476. The van der Waals surface area contributed by atoms with Crippen LogP contribution in [0.2, 0.25) is 0 Å². The second-order valence-corrected chi connectivity index (χ2v) is 7.48. The Labute approximate surface area is 165 Å². The molecule has 2 heterocycles. The minimum atomic E-state index is -0.168. The first-order valence-corrected chi connectivity index (χ1v) is 10.0. The van der Waals surface area contributed by atoms with Crippen molar-refractivity contribution in [3.8, 4) is 0 Å². The zero-order chi connectivity index (χ0) is 19.4. The molecular formula is C21H27FN6. The Morgan fingerprint density at radius 3 is 2.54 bits per heavy atom. The number of aromatic nitrogens is 2. The van der Waals surface area contributed by atoms with Gasteiger partial charge in [-0.15, -0.1) is 0 Å². The van der Waals surface area contributed by atoms with Crippen molar-refractivity contribution in [1.82, 2.24) is 20.2 Å². The number of aliphatic imine (C=N–C) groups is 1. The Kier molecular flexibility index (Phi) is 5.41. The van der Waals surface area contributed by atoms with Crippen LogP contribution in [0.25, 0.3) is 0 Å². The average molecular weight is 382 g/mol. The molecule has 1 saturated carbocycles. The average Bonchev–Trinajstić information content (AvgIpc) is 3.53. The van der Waals surface area contributed by atoms with Crippen molar-refractivity contribution in [2.75, 3.05) is 44.2 Å². The summed E-state index contributed by atoms with van der Waals surface area (Å²) in [6, 6.07) is 8.82. The number of benzene rings is 1. The smallest absolute Gasteiger partial charge is 0.225 e. The topological polar surface area (TPSA) is 56.7 Å². The van der Waals surface area contributed by atoms with Crippen LogP contribution in [0.5, 0.6) is 0 Å². The number of guanidine groups is 1. The lowest BCUT2D eigenvalue weighted by atomic mass is 9.96. The number of anilines is 1. The number of nitrogens with one attached hydrogen (secondary N) is 1. The van der Waals surface area contributed by atoms with Gasteiger partial charge in [-0.2, -0.15) is 0 Å². The van der Waals surface area contributed by atoms with E-state index >= 15 is 0 Å². The lowest BCUT2D eigenvalue weighted by Gasteiger charge is -2.36. The molecule has 148 valence electrons. The lowest BCUT2D eigenvalue weighted by molar-refractivity contribution is 0.369. The van der Waals surface area contributed by atoms with E-state index in [1.54, 1.807) is 24.5 Å². The summed E-state index contributed by atoms with van der Waals surface area (Å²) in [6.45, 7) is 7.08. The van der Waals surface area contributed by atoms with Crippen LogP contribution in [0.4, 0.5) is 10.3 Å². The Hall–Kier alpha value is -2.70. The Balaban J connectivity index is 1.42. The molecule has 1 N–H and O–H groups in total. The maximum Gasteiger partial charge on any atom is 0.225 e. The quantitative estimate of drug-likeness (QED) is 0.636. The summed E-state index contributed by atoms with van der Waals surface area (Å²) in [5.74, 6) is 1.56. The standard InChI is InChI=1S/C21H27FN6/c1-2-23-19(26-16-21(7-8-21)17-5-3-6-18(22)15-17)27-11-13-28(14-12-27)20-24-9-4-10-25-20/h3-6,9-10,15H,2,7-8,11-14,16H2,1H3,(H,23,26). The van der Waals surface area contributed by atoms with E-state index in [4.69, 9.17) is 4.99 Å². The van der Waals surface area contributed by atoms with Crippen molar-refractivity contribution in [1.29, 1.82) is 0 Å². The molecule has 0 unspecified atom stereocenters. The third-order valence-corrected chi connectivity index (χ3v) is 5.57. The molecule has 2 fully saturated rings. The van der Waals surface area contributed by atoms with Crippen LogP contribution < -0.4 is 10.2 Å². The zero-order valence-electron chi connectivity index (χ0n) is 16.3. The highest BCUT2D eigenvalue weighted by molar-refractivity contribution is 5.80. The van der Waals surface area contributed by atoms with Crippen LogP contribution in [-0.4, -0.2) is 60.1 Å². The number of piperazine rings is 1. The minimum absolute atomic E-state index is 0.00245. The highest BCUT2D eigenvalue weighted by Gasteiger charge is 2.44. The number of nitrogens with zero attached hydrogens (tertiary/aromatic N) is 5. The van der Waals surface area contributed by atoms with Gasteiger partial charge in [0.25, 0.3) is 0 Å². The van der Waals surface area contributed by atoms with Gasteiger partial charge in [-0.25, -0.2) is 14.4 Å². The van der Waals surface area contributed by atoms with E-state index in [2.05, 4.69) is 32.0 Å². The van der Waals surface area contributed by atoms with Gasteiger partial charge in [0.05, 0.1) is 6.54 Å². The number of hydrogen-bond donors (Lipinski definition) is 1. The van der Waals surface area contributed by atoms with E-state index in [1.165, 1.54) is 6.07 Å². The van der Waals surface area contributed by atoms with Crippen LogP contribution in [0.1, 0.15) is 25.3 Å². The molecule has 4 rings (SSSR count). The molecule has 0 spiro atoms. The summed E-state index contributed by atoms with van der Waals surface area (Å²) in [4.78, 5) is 18.1. The number of hydrogen-bond acceptors (Lipinski definition) is 4. The molecule has 0 amide bonds. The molecule has 0 radical (unpaired) electrons. The van der Waals surface area contributed by atoms with E-state index in [0.29, 0.717) is 6.54 Å². The molecule has 1 aromatic carbocycles. The fourth-order valence-electron chi connectivity index (χ4n) is 3.73. The second kappa shape index (κ2) is 8.12. The highest BCUT2D eigenvalue weighted by atomic mass is 19.1. The molecule has 2 aromatic rings. The summed E-state index contributed by atoms with van der Waals surface area (Å²) in [5, 5.41) is 3.42. The SMILES string of the molecule is CCNC(=NCC1(c2cccc(F)c2)CC1)N1CCN(c2ncccn2)CC1. The first-order chi connectivity index (χ1) is 13.7. The van der Waals surface area contributed by atoms with Gasteiger partial charge in [0.15, 0.2) is 5.96 Å². The van der Waals surface area contributed by atoms with Crippen molar-refractivity contribution in [3.63, 3.8) is 0 Å². The van der Waals surface area contributed by atoms with Crippen molar-refractivity contribution in [3.05, 3.63) is 54.1 Å². The molecule has 6 nitrogen and oxygen atoms in total. The Bertz CT molecular complexity index is 813. The Morgan fingerprint density at radius 1 is 1.14 bits per heavy atom. The highest BCUT2D eigenvalue weighted by Crippen LogP contribution is 2.48. The third kappa shape index (κ3) is 4.08. The minimum Gasteiger partial charge on any atom is -0.357 e. The van der Waals surface area contributed by atoms with Crippen molar-refractivity contribution in [2.24, 2.45) is 4.99 Å². The van der Waals surface area contributed by atoms with Gasteiger partial charge in [-0.1, -0.05) is 12.1 Å². The van der Waals surface area contributed by atoms with Gasteiger partial charge < -0.3 is 15.1 Å². The van der Waals surface area contributed by atoms with Crippen LogP contribution in [0.3, 0.4) is 0 Å². The van der Waals surface area contributed by atoms with Gasteiger partial charge in [0, 0.05) is 50.5 Å². The van der Waals surface area contributed by atoms with Crippen LogP contribution in [-0.2, 0) is 5.41 Å². The van der Waals surface area contributed by atoms with Crippen LogP contribution in [0, 0.1) is 5.82 Å². The van der Waals surface area contributed by atoms with Crippen LogP contribution >= 0.6 is 0 Å². The maximum atomic E-state index is 13.6. The molecule has 1 aliphatic heterocycles. The molecule has 0 bridgehead atoms. The van der Waals surface area contributed by atoms with Gasteiger partial charge in [-0.3, -0.25) is 4.99 Å². The third-order valence-electron chi connectivity index (χ3n) is 5.57. The largest absolute Gasteiger partial charge is 0.357 e. The summed E-state index contributed by atoms with van der Waals surface area (Å²) in [6.07, 6.45) is 5.69. The number of rotatable bonds is 5. The number of halogens is 1. The summed E-state index contributed by atoms with van der Waals surface area (Å²) >= 11 is 0. The van der Waals surface area contributed by atoms with E-state index < -0.39 is 0 Å². The lowest BCUT2D eigenvalue weighted by Crippen LogP contribution is -2.53. The summed E-state index contributed by atoms with van der Waals surface area (Å²) in [5.41, 5.74) is 1.07. The zero-order valence-corrected chi connectivity index (χ0v) is 16.3. The first-order valence-electron chi connectivity index (χ1n) is 10.0. The maximum absolute atomic E-state index is 13.6. The van der Waals surface area contributed by atoms with E-state index in [9.17, 15) is 4.39 Å². The van der Waals surface area contributed by atoms with Crippen molar-refractivity contribution >= 4 is 11.9 Å². The normalized spacial score (nSPS) is 18.9. The summed E-state index contributed by atoms with van der Waals surface area (Å²) in [7, 11) is 0. The summed E-state index contributed by atoms with van der Waals surface area (Å²) < 4.78 is 13.6. The molecule has 28 heavy (non-hydrogen) atoms. The van der Waals surface area contributed by atoms with E-state index in [1.807, 2.05) is 12.1 Å². The van der Waals surface area contributed by atoms with Crippen molar-refractivity contribution in [2.45, 2.75) is 25.2 Å². The molecule has 7 heteroatoms. The molecular weight excluding hydrogens is 355 g/mol.